The molecule has 4 saturated carbocycles. The van der Waals surface area contributed by atoms with E-state index in [1.165, 1.54) is 38.5 Å². The third-order valence-electron chi connectivity index (χ3n) is 5.90. The number of carbonyl (C=O) groups excluding carboxylic acids is 1. The molecule has 1 aromatic heterocycles. The zero-order chi connectivity index (χ0) is 15.9. The van der Waals surface area contributed by atoms with E-state index in [0.29, 0.717) is 12.4 Å². The Morgan fingerprint density at radius 3 is 2.52 bits per heavy atom. The molecule has 5 heteroatoms. The van der Waals surface area contributed by atoms with Gasteiger partial charge in [0, 0.05) is 23.8 Å². The number of carbonyl (C=O) groups is 1. The topological polar surface area (TPSA) is 63.2 Å². The van der Waals surface area contributed by atoms with Crippen molar-refractivity contribution in [2.24, 2.45) is 17.8 Å². The van der Waals surface area contributed by atoms with E-state index in [-0.39, 0.29) is 11.6 Å². The molecule has 5 nitrogen and oxygen atoms in total. The van der Waals surface area contributed by atoms with Crippen LogP contribution in [0.3, 0.4) is 0 Å². The fourth-order valence-electron chi connectivity index (χ4n) is 5.47. The quantitative estimate of drug-likeness (QED) is 0.898. The highest BCUT2D eigenvalue weighted by atomic mass is 16.5. The minimum Gasteiger partial charge on any atom is -0.481 e. The number of nitrogens with zero attached hydrogens (tertiary/aromatic N) is 1. The Bertz CT molecular complexity index is 566. The molecule has 0 aliphatic heterocycles. The molecule has 4 aliphatic rings. The van der Waals surface area contributed by atoms with Gasteiger partial charge in [-0.2, -0.15) is 0 Å². The maximum atomic E-state index is 12.4. The molecule has 1 aromatic rings. The highest BCUT2D eigenvalue weighted by molar-refractivity contribution is 5.75. The van der Waals surface area contributed by atoms with Crippen LogP contribution in [0.4, 0.5) is 4.79 Å². The lowest BCUT2D eigenvalue weighted by molar-refractivity contribution is -0.0135. The summed E-state index contributed by atoms with van der Waals surface area (Å²) >= 11 is 0. The van der Waals surface area contributed by atoms with Crippen molar-refractivity contribution in [3.63, 3.8) is 0 Å². The summed E-state index contributed by atoms with van der Waals surface area (Å²) < 4.78 is 5.23. The molecule has 23 heavy (non-hydrogen) atoms. The average Bonchev–Trinajstić information content (AvgIpc) is 2.51. The lowest BCUT2D eigenvalue weighted by Crippen LogP contribution is -2.61. The first-order chi connectivity index (χ1) is 11.2. The molecular weight excluding hydrogens is 290 g/mol. The van der Waals surface area contributed by atoms with Crippen molar-refractivity contribution in [2.45, 2.75) is 50.6 Å². The number of aromatic nitrogens is 1. The summed E-state index contributed by atoms with van der Waals surface area (Å²) in [5, 5.41) is 6.30. The molecule has 0 radical (unpaired) electrons. The van der Waals surface area contributed by atoms with Gasteiger partial charge in [-0.15, -0.1) is 0 Å². The molecule has 2 amide bonds. The monoisotopic (exact) mass is 315 g/mol. The largest absolute Gasteiger partial charge is 0.481 e. The van der Waals surface area contributed by atoms with E-state index >= 15 is 0 Å². The predicted molar refractivity (Wildman–Crippen MR) is 87.1 cm³/mol. The number of nitrogens with one attached hydrogen (secondary N) is 2. The van der Waals surface area contributed by atoms with E-state index in [4.69, 9.17) is 4.74 Å². The number of urea groups is 1. The first-order valence-electron chi connectivity index (χ1n) is 8.70. The molecule has 2 N–H and O–H groups in total. The summed E-state index contributed by atoms with van der Waals surface area (Å²) in [6, 6.07) is 3.73. The van der Waals surface area contributed by atoms with Gasteiger partial charge in [0.25, 0.3) is 0 Å². The van der Waals surface area contributed by atoms with Crippen LogP contribution in [0.25, 0.3) is 0 Å². The Balaban J connectivity index is 1.37. The minimum absolute atomic E-state index is 0.0534. The van der Waals surface area contributed by atoms with Crippen LogP contribution < -0.4 is 15.4 Å². The van der Waals surface area contributed by atoms with Gasteiger partial charge in [0.1, 0.15) is 0 Å². The molecule has 0 unspecified atom stereocenters. The fourth-order valence-corrected chi connectivity index (χ4v) is 5.47. The zero-order valence-electron chi connectivity index (χ0n) is 13.7. The SMILES string of the molecule is COc1ncccc1CNC(=O)NC12CC3CC(CC(C3)C1)C2. The molecule has 124 valence electrons. The van der Waals surface area contributed by atoms with Crippen molar-refractivity contribution in [3.05, 3.63) is 23.9 Å². The summed E-state index contributed by atoms with van der Waals surface area (Å²) in [7, 11) is 1.60. The number of hydrogen-bond donors (Lipinski definition) is 2. The van der Waals surface area contributed by atoms with E-state index < -0.39 is 0 Å². The van der Waals surface area contributed by atoms with Crippen LogP contribution in [-0.4, -0.2) is 23.7 Å². The van der Waals surface area contributed by atoms with Gasteiger partial charge in [-0.3, -0.25) is 0 Å². The van der Waals surface area contributed by atoms with E-state index in [1.54, 1.807) is 13.3 Å². The second-order valence-corrected chi connectivity index (χ2v) is 7.68. The van der Waals surface area contributed by atoms with Gasteiger partial charge >= 0.3 is 6.03 Å². The maximum Gasteiger partial charge on any atom is 0.315 e. The molecule has 0 aromatic carbocycles. The van der Waals surface area contributed by atoms with Crippen molar-refractivity contribution in [3.8, 4) is 5.88 Å². The lowest BCUT2D eigenvalue weighted by atomic mass is 9.53. The maximum absolute atomic E-state index is 12.4. The standard InChI is InChI=1S/C18H25N3O2/c1-23-16-15(3-2-4-19-16)11-20-17(22)21-18-8-12-5-13(9-18)7-14(6-12)10-18/h2-4,12-14H,5-11H2,1H3,(H2,20,21,22). The Morgan fingerprint density at radius 1 is 1.26 bits per heavy atom. The molecule has 4 aliphatic carbocycles. The number of hydrogen-bond acceptors (Lipinski definition) is 3. The average molecular weight is 315 g/mol. The molecule has 0 saturated heterocycles. The van der Waals surface area contributed by atoms with Gasteiger partial charge in [-0.1, -0.05) is 6.07 Å². The number of amides is 2. The normalized spacial score (nSPS) is 34.2. The van der Waals surface area contributed by atoms with Crippen molar-refractivity contribution in [2.75, 3.05) is 7.11 Å². The molecule has 4 bridgehead atoms. The Hall–Kier alpha value is -1.78. The second kappa shape index (κ2) is 5.69. The van der Waals surface area contributed by atoms with E-state index in [0.717, 1.165) is 23.3 Å². The molecule has 1 heterocycles. The van der Waals surface area contributed by atoms with Gasteiger partial charge in [-0.05, 0) is 62.3 Å². The summed E-state index contributed by atoms with van der Waals surface area (Å²) in [5.74, 6) is 3.07. The van der Waals surface area contributed by atoms with Crippen LogP contribution in [0.1, 0.15) is 44.1 Å². The van der Waals surface area contributed by atoms with Crippen LogP contribution in [0.15, 0.2) is 18.3 Å². The second-order valence-electron chi connectivity index (χ2n) is 7.68. The van der Waals surface area contributed by atoms with Gasteiger partial charge in [-0.25, -0.2) is 9.78 Å². The first kappa shape index (κ1) is 14.8. The van der Waals surface area contributed by atoms with Crippen LogP contribution >= 0.6 is 0 Å². The third-order valence-corrected chi connectivity index (χ3v) is 5.90. The van der Waals surface area contributed by atoms with Crippen molar-refractivity contribution in [1.29, 1.82) is 0 Å². The fraction of sp³-hybridized carbons (Fsp3) is 0.667. The number of rotatable bonds is 4. The number of methoxy groups -OCH3 is 1. The smallest absolute Gasteiger partial charge is 0.315 e. The van der Waals surface area contributed by atoms with E-state index in [1.807, 2.05) is 12.1 Å². The Labute approximate surface area is 137 Å². The van der Waals surface area contributed by atoms with E-state index in [9.17, 15) is 4.79 Å². The summed E-state index contributed by atoms with van der Waals surface area (Å²) in [5.41, 5.74) is 0.952. The van der Waals surface area contributed by atoms with Crippen LogP contribution in [-0.2, 0) is 6.54 Å². The first-order valence-corrected chi connectivity index (χ1v) is 8.70. The number of pyridine rings is 1. The Morgan fingerprint density at radius 2 is 1.91 bits per heavy atom. The molecule has 5 rings (SSSR count). The highest BCUT2D eigenvalue weighted by Crippen LogP contribution is 2.55. The van der Waals surface area contributed by atoms with Crippen LogP contribution in [0.2, 0.25) is 0 Å². The van der Waals surface area contributed by atoms with Crippen molar-refractivity contribution < 1.29 is 9.53 Å². The molecule has 0 atom stereocenters. The molecule has 4 fully saturated rings. The van der Waals surface area contributed by atoms with Crippen LogP contribution in [0.5, 0.6) is 5.88 Å². The zero-order valence-corrected chi connectivity index (χ0v) is 13.7. The van der Waals surface area contributed by atoms with Gasteiger partial charge in [0.05, 0.1) is 7.11 Å². The van der Waals surface area contributed by atoms with Crippen molar-refractivity contribution in [1.82, 2.24) is 15.6 Å². The summed E-state index contributed by atoms with van der Waals surface area (Å²) in [6.45, 7) is 0.440. The molecule has 0 spiro atoms. The highest BCUT2D eigenvalue weighted by Gasteiger charge is 2.51. The summed E-state index contributed by atoms with van der Waals surface area (Å²) in [6.07, 6.45) is 9.35. The van der Waals surface area contributed by atoms with Crippen LogP contribution in [0, 0.1) is 17.8 Å². The lowest BCUT2D eigenvalue weighted by Gasteiger charge is -2.56. The third kappa shape index (κ3) is 2.89. The van der Waals surface area contributed by atoms with Gasteiger partial charge in [0.15, 0.2) is 0 Å². The molecular formula is C18H25N3O2. The Kier molecular flexibility index (Phi) is 3.66. The van der Waals surface area contributed by atoms with E-state index in [2.05, 4.69) is 15.6 Å². The minimum atomic E-state index is -0.0575. The summed E-state index contributed by atoms with van der Waals surface area (Å²) in [4.78, 5) is 16.6. The van der Waals surface area contributed by atoms with Gasteiger partial charge in [0.2, 0.25) is 5.88 Å². The van der Waals surface area contributed by atoms with Crippen molar-refractivity contribution >= 4 is 6.03 Å². The van der Waals surface area contributed by atoms with Gasteiger partial charge < -0.3 is 15.4 Å². The predicted octanol–water partition coefficient (Wildman–Crippen LogP) is 2.86. The number of ether oxygens (including phenoxy) is 1.